The molecule has 2 aromatic rings. The number of carboxylic acids is 1. The van der Waals surface area contributed by atoms with Gasteiger partial charge >= 0.3 is 5.97 Å². The molecule has 0 aliphatic carbocycles. The molecule has 1 aromatic heterocycles. The van der Waals surface area contributed by atoms with Crippen molar-refractivity contribution >= 4 is 5.97 Å². The van der Waals surface area contributed by atoms with Crippen molar-refractivity contribution in [3.63, 3.8) is 0 Å². The Hall–Kier alpha value is -2.76. The van der Waals surface area contributed by atoms with E-state index >= 15 is 0 Å². The van der Waals surface area contributed by atoms with Crippen molar-refractivity contribution in [2.45, 2.75) is 6.61 Å². The molecule has 0 aliphatic rings. The SMILES string of the molecule is COc1cccc(COc2ccc(C(=O)O)cc2OC)n1. The fourth-order valence-electron chi connectivity index (χ4n) is 1.72. The second kappa shape index (κ2) is 6.60. The number of nitrogens with zero attached hydrogens (tertiary/aromatic N) is 1. The number of methoxy groups -OCH3 is 2. The number of hydrogen-bond donors (Lipinski definition) is 1. The highest BCUT2D eigenvalue weighted by Crippen LogP contribution is 2.28. The number of pyridine rings is 1. The van der Waals surface area contributed by atoms with Crippen LogP contribution in [0.3, 0.4) is 0 Å². The average Bonchev–Trinajstić information content (AvgIpc) is 2.52. The molecule has 6 nitrogen and oxygen atoms in total. The molecular weight excluding hydrogens is 274 g/mol. The number of rotatable bonds is 6. The molecule has 2 rings (SSSR count). The largest absolute Gasteiger partial charge is 0.493 e. The van der Waals surface area contributed by atoms with E-state index in [2.05, 4.69) is 4.98 Å². The lowest BCUT2D eigenvalue weighted by Crippen LogP contribution is -2.02. The third-order valence-electron chi connectivity index (χ3n) is 2.78. The predicted octanol–water partition coefficient (Wildman–Crippen LogP) is 2.38. The van der Waals surface area contributed by atoms with Gasteiger partial charge in [0.25, 0.3) is 0 Å². The van der Waals surface area contributed by atoms with Gasteiger partial charge in [0.05, 0.1) is 25.5 Å². The van der Waals surface area contributed by atoms with Crippen LogP contribution in [0, 0.1) is 0 Å². The van der Waals surface area contributed by atoms with Crippen molar-refractivity contribution in [1.82, 2.24) is 4.98 Å². The van der Waals surface area contributed by atoms with Gasteiger partial charge < -0.3 is 19.3 Å². The molecule has 0 saturated carbocycles. The van der Waals surface area contributed by atoms with Gasteiger partial charge in [0.2, 0.25) is 5.88 Å². The van der Waals surface area contributed by atoms with Gasteiger partial charge in [-0.25, -0.2) is 9.78 Å². The van der Waals surface area contributed by atoms with Crippen LogP contribution in [0.25, 0.3) is 0 Å². The lowest BCUT2D eigenvalue weighted by molar-refractivity contribution is 0.0696. The number of hydrogen-bond acceptors (Lipinski definition) is 5. The van der Waals surface area contributed by atoms with Crippen molar-refractivity contribution in [3.8, 4) is 17.4 Å². The van der Waals surface area contributed by atoms with Gasteiger partial charge in [-0.15, -0.1) is 0 Å². The highest BCUT2D eigenvalue weighted by Gasteiger charge is 2.10. The Bertz CT molecular complexity index is 642. The van der Waals surface area contributed by atoms with E-state index in [0.717, 1.165) is 0 Å². The van der Waals surface area contributed by atoms with Crippen molar-refractivity contribution in [1.29, 1.82) is 0 Å². The van der Waals surface area contributed by atoms with Crippen LogP contribution in [0.4, 0.5) is 0 Å². The summed E-state index contributed by atoms with van der Waals surface area (Å²) in [7, 11) is 3.00. The van der Waals surface area contributed by atoms with Gasteiger partial charge in [-0.1, -0.05) is 6.07 Å². The second-order valence-electron chi connectivity index (χ2n) is 4.13. The summed E-state index contributed by atoms with van der Waals surface area (Å²) in [5, 5.41) is 8.94. The number of carbonyl (C=O) groups is 1. The molecule has 21 heavy (non-hydrogen) atoms. The van der Waals surface area contributed by atoms with Crippen LogP contribution in [0.1, 0.15) is 16.1 Å². The number of aromatic carboxylic acids is 1. The van der Waals surface area contributed by atoms with E-state index in [4.69, 9.17) is 19.3 Å². The Labute approximate surface area is 121 Å². The van der Waals surface area contributed by atoms with Crippen molar-refractivity contribution in [3.05, 3.63) is 47.7 Å². The molecular formula is C15H15NO5. The highest BCUT2D eigenvalue weighted by atomic mass is 16.5. The maximum atomic E-state index is 10.9. The first kappa shape index (κ1) is 14.6. The van der Waals surface area contributed by atoms with Gasteiger partial charge in [-0.2, -0.15) is 0 Å². The summed E-state index contributed by atoms with van der Waals surface area (Å²) in [6.07, 6.45) is 0. The number of carboxylic acid groups (broad SMARTS) is 1. The van der Waals surface area contributed by atoms with E-state index in [9.17, 15) is 4.79 Å². The molecule has 0 atom stereocenters. The predicted molar refractivity (Wildman–Crippen MR) is 75.1 cm³/mol. The molecule has 0 bridgehead atoms. The lowest BCUT2D eigenvalue weighted by Gasteiger charge is -2.11. The van der Waals surface area contributed by atoms with Crippen LogP contribution in [-0.2, 0) is 6.61 Å². The molecule has 0 radical (unpaired) electrons. The van der Waals surface area contributed by atoms with Gasteiger partial charge in [0, 0.05) is 6.07 Å². The number of aromatic nitrogens is 1. The molecule has 0 saturated heterocycles. The van der Waals surface area contributed by atoms with Crippen LogP contribution >= 0.6 is 0 Å². The Balaban J connectivity index is 2.13. The molecule has 0 unspecified atom stereocenters. The fraction of sp³-hybridized carbons (Fsp3) is 0.200. The quantitative estimate of drug-likeness (QED) is 0.879. The molecule has 0 amide bonds. The minimum absolute atomic E-state index is 0.138. The van der Waals surface area contributed by atoms with Crippen LogP contribution < -0.4 is 14.2 Å². The van der Waals surface area contributed by atoms with Gasteiger partial charge in [-0.05, 0) is 24.3 Å². The zero-order valence-electron chi connectivity index (χ0n) is 11.7. The van der Waals surface area contributed by atoms with E-state index in [-0.39, 0.29) is 12.2 Å². The van der Waals surface area contributed by atoms with E-state index in [1.165, 1.54) is 19.2 Å². The first-order valence-corrected chi connectivity index (χ1v) is 6.18. The minimum Gasteiger partial charge on any atom is -0.493 e. The molecule has 6 heteroatoms. The molecule has 0 spiro atoms. The minimum atomic E-state index is -1.02. The zero-order valence-corrected chi connectivity index (χ0v) is 11.7. The number of ether oxygens (including phenoxy) is 3. The van der Waals surface area contributed by atoms with Crippen molar-refractivity contribution < 1.29 is 24.1 Å². The average molecular weight is 289 g/mol. The molecule has 110 valence electrons. The number of benzene rings is 1. The summed E-state index contributed by atoms with van der Waals surface area (Å²) in [5.41, 5.74) is 0.831. The summed E-state index contributed by atoms with van der Waals surface area (Å²) < 4.78 is 15.8. The van der Waals surface area contributed by atoms with Crippen LogP contribution in [0.2, 0.25) is 0 Å². The molecule has 0 aliphatic heterocycles. The maximum Gasteiger partial charge on any atom is 0.335 e. The Morgan fingerprint density at radius 1 is 1.14 bits per heavy atom. The van der Waals surface area contributed by atoms with Crippen molar-refractivity contribution in [2.75, 3.05) is 14.2 Å². The van der Waals surface area contributed by atoms with Crippen LogP contribution in [0.5, 0.6) is 17.4 Å². The maximum absolute atomic E-state index is 10.9. The Kier molecular flexibility index (Phi) is 4.61. The van der Waals surface area contributed by atoms with E-state index in [1.807, 2.05) is 6.07 Å². The van der Waals surface area contributed by atoms with Gasteiger partial charge in [0.15, 0.2) is 11.5 Å². The molecule has 0 fully saturated rings. The smallest absolute Gasteiger partial charge is 0.335 e. The third-order valence-corrected chi connectivity index (χ3v) is 2.78. The first-order chi connectivity index (χ1) is 10.1. The Morgan fingerprint density at radius 3 is 2.62 bits per heavy atom. The van der Waals surface area contributed by atoms with Crippen LogP contribution in [0.15, 0.2) is 36.4 Å². The fourth-order valence-corrected chi connectivity index (χ4v) is 1.72. The van der Waals surface area contributed by atoms with Crippen LogP contribution in [-0.4, -0.2) is 30.3 Å². The summed E-state index contributed by atoms with van der Waals surface area (Å²) in [5.74, 6) is 0.295. The topological polar surface area (TPSA) is 77.9 Å². The second-order valence-corrected chi connectivity index (χ2v) is 4.13. The normalized spacial score (nSPS) is 10.0. The molecule has 1 aromatic carbocycles. The molecule has 1 N–H and O–H groups in total. The lowest BCUT2D eigenvalue weighted by atomic mass is 10.2. The van der Waals surface area contributed by atoms with Gasteiger partial charge in [0.1, 0.15) is 6.61 Å². The summed E-state index contributed by atoms with van der Waals surface area (Å²) in [6, 6.07) is 9.79. The molecule has 1 heterocycles. The third kappa shape index (κ3) is 3.62. The van der Waals surface area contributed by atoms with E-state index < -0.39 is 5.97 Å². The Morgan fingerprint density at radius 2 is 1.95 bits per heavy atom. The van der Waals surface area contributed by atoms with Crippen molar-refractivity contribution in [2.24, 2.45) is 0 Å². The summed E-state index contributed by atoms with van der Waals surface area (Å²) in [6.45, 7) is 0.222. The van der Waals surface area contributed by atoms with Gasteiger partial charge in [-0.3, -0.25) is 0 Å². The first-order valence-electron chi connectivity index (χ1n) is 6.18. The standard InChI is InChI=1S/C15H15NO5/c1-19-13-8-10(15(17)18)6-7-12(13)21-9-11-4-3-5-14(16-11)20-2/h3-8H,9H2,1-2H3,(H,17,18). The zero-order chi connectivity index (χ0) is 15.2. The summed E-state index contributed by atoms with van der Waals surface area (Å²) >= 11 is 0. The summed E-state index contributed by atoms with van der Waals surface area (Å²) in [4.78, 5) is 15.1. The van der Waals surface area contributed by atoms with E-state index in [1.54, 1.807) is 25.3 Å². The monoisotopic (exact) mass is 289 g/mol. The van der Waals surface area contributed by atoms with E-state index in [0.29, 0.717) is 23.1 Å². The highest BCUT2D eigenvalue weighted by molar-refractivity contribution is 5.88.